The maximum absolute atomic E-state index is 13.0. The lowest BCUT2D eigenvalue weighted by molar-refractivity contribution is 0.102. The highest BCUT2D eigenvalue weighted by molar-refractivity contribution is 6.28. The molecule has 0 aliphatic heterocycles. The zero-order valence-electron chi connectivity index (χ0n) is 14.1. The largest absolute Gasteiger partial charge is 0.321 e. The van der Waals surface area contributed by atoms with E-state index in [0.29, 0.717) is 22.6 Å². The number of carbonyl (C=O) groups excluding carboxylic acids is 1. The summed E-state index contributed by atoms with van der Waals surface area (Å²) >= 11 is 5.93. The van der Waals surface area contributed by atoms with Gasteiger partial charge in [-0.05, 0) is 60.5 Å². The number of aromatic nitrogens is 4. The van der Waals surface area contributed by atoms with Crippen LogP contribution in [0.5, 0.6) is 0 Å². The maximum atomic E-state index is 13.0. The molecule has 0 saturated carbocycles. The number of imidazole rings is 1. The Morgan fingerprint density at radius 2 is 1.89 bits per heavy atom. The summed E-state index contributed by atoms with van der Waals surface area (Å²) in [5, 5.41) is 2.94. The quantitative estimate of drug-likeness (QED) is 0.541. The van der Waals surface area contributed by atoms with Gasteiger partial charge in [-0.2, -0.15) is 0 Å². The number of rotatable bonds is 3. The van der Waals surface area contributed by atoms with Crippen LogP contribution >= 0.6 is 11.6 Å². The maximum Gasteiger partial charge on any atom is 0.255 e. The van der Waals surface area contributed by atoms with E-state index in [1.54, 1.807) is 30.7 Å². The second-order valence-electron chi connectivity index (χ2n) is 5.92. The molecule has 8 heteroatoms. The monoisotopic (exact) mass is 381 g/mol. The number of hydrogen-bond donors (Lipinski definition) is 1. The second-order valence-corrected chi connectivity index (χ2v) is 6.26. The van der Waals surface area contributed by atoms with Crippen molar-refractivity contribution < 1.29 is 9.18 Å². The number of amides is 1. The molecule has 1 N–H and O–H groups in total. The highest BCUT2D eigenvalue weighted by atomic mass is 35.5. The van der Waals surface area contributed by atoms with E-state index in [0.717, 1.165) is 11.3 Å². The van der Waals surface area contributed by atoms with E-state index < -0.39 is 5.82 Å². The smallest absolute Gasteiger partial charge is 0.255 e. The first-order valence-electron chi connectivity index (χ1n) is 8.05. The third-order valence-electron chi connectivity index (χ3n) is 4.05. The molecule has 0 aliphatic carbocycles. The van der Waals surface area contributed by atoms with Crippen LogP contribution in [0.25, 0.3) is 17.0 Å². The van der Waals surface area contributed by atoms with Crippen molar-refractivity contribution in [3.63, 3.8) is 0 Å². The SMILES string of the molecule is Cc1cnc(Cl)nc1-c1cnc2ccc(NC(=O)c3ccc(F)cc3)cn12. The van der Waals surface area contributed by atoms with Gasteiger partial charge >= 0.3 is 0 Å². The minimum absolute atomic E-state index is 0.145. The molecule has 0 saturated heterocycles. The number of halogens is 2. The molecular formula is C19H13ClFN5O. The summed E-state index contributed by atoms with van der Waals surface area (Å²) in [4.78, 5) is 25.0. The Morgan fingerprint density at radius 1 is 1.11 bits per heavy atom. The summed E-state index contributed by atoms with van der Waals surface area (Å²) < 4.78 is 14.8. The lowest BCUT2D eigenvalue weighted by Crippen LogP contribution is -2.12. The summed E-state index contributed by atoms with van der Waals surface area (Å²) in [6.45, 7) is 1.88. The van der Waals surface area contributed by atoms with Crippen molar-refractivity contribution in [1.29, 1.82) is 0 Å². The van der Waals surface area contributed by atoms with E-state index in [1.807, 2.05) is 11.3 Å². The number of hydrogen-bond acceptors (Lipinski definition) is 4. The van der Waals surface area contributed by atoms with Gasteiger partial charge in [0.1, 0.15) is 11.5 Å². The molecule has 0 radical (unpaired) electrons. The average molecular weight is 382 g/mol. The molecule has 0 fully saturated rings. The van der Waals surface area contributed by atoms with Crippen molar-refractivity contribution in [2.45, 2.75) is 6.92 Å². The van der Waals surface area contributed by atoms with Gasteiger partial charge in [-0.15, -0.1) is 0 Å². The van der Waals surface area contributed by atoms with E-state index in [9.17, 15) is 9.18 Å². The lowest BCUT2D eigenvalue weighted by atomic mass is 10.2. The summed E-state index contributed by atoms with van der Waals surface area (Å²) in [6.07, 6.45) is 5.07. The Labute approximate surface area is 158 Å². The average Bonchev–Trinajstić information content (AvgIpc) is 3.07. The molecule has 3 heterocycles. The molecule has 4 rings (SSSR count). The van der Waals surface area contributed by atoms with Crippen LogP contribution in [0.3, 0.4) is 0 Å². The number of aryl methyl sites for hydroxylation is 1. The predicted molar refractivity (Wildman–Crippen MR) is 100 cm³/mol. The first-order chi connectivity index (χ1) is 13.0. The molecule has 27 heavy (non-hydrogen) atoms. The molecule has 6 nitrogen and oxygen atoms in total. The van der Waals surface area contributed by atoms with Crippen LogP contribution in [-0.2, 0) is 0 Å². The fourth-order valence-corrected chi connectivity index (χ4v) is 2.85. The number of nitrogens with one attached hydrogen (secondary N) is 1. The van der Waals surface area contributed by atoms with Crippen molar-refractivity contribution in [3.05, 3.63) is 77.2 Å². The summed E-state index contributed by atoms with van der Waals surface area (Å²) in [5.74, 6) is -0.729. The highest BCUT2D eigenvalue weighted by Gasteiger charge is 2.13. The third-order valence-corrected chi connectivity index (χ3v) is 4.24. The van der Waals surface area contributed by atoms with Gasteiger partial charge in [-0.25, -0.2) is 19.3 Å². The Balaban J connectivity index is 1.70. The number of fused-ring (bicyclic) bond motifs is 1. The van der Waals surface area contributed by atoms with Crippen molar-refractivity contribution >= 4 is 28.8 Å². The highest BCUT2D eigenvalue weighted by Crippen LogP contribution is 2.24. The molecule has 1 amide bonds. The fourth-order valence-electron chi connectivity index (χ4n) is 2.71. The number of carbonyl (C=O) groups is 1. The molecule has 0 unspecified atom stereocenters. The van der Waals surface area contributed by atoms with Crippen molar-refractivity contribution in [3.8, 4) is 11.4 Å². The zero-order valence-corrected chi connectivity index (χ0v) is 14.9. The molecule has 134 valence electrons. The topological polar surface area (TPSA) is 72.2 Å². The van der Waals surface area contributed by atoms with Gasteiger partial charge in [0.05, 0.1) is 23.3 Å². The normalized spacial score (nSPS) is 10.9. The van der Waals surface area contributed by atoms with Gasteiger partial charge in [0.15, 0.2) is 0 Å². The molecule has 0 bridgehead atoms. The van der Waals surface area contributed by atoms with E-state index in [1.165, 1.54) is 24.3 Å². The molecular weight excluding hydrogens is 369 g/mol. The lowest BCUT2D eigenvalue weighted by Gasteiger charge is -2.08. The number of pyridine rings is 1. The van der Waals surface area contributed by atoms with Crippen LogP contribution in [0.4, 0.5) is 10.1 Å². The molecule has 0 spiro atoms. The Kier molecular flexibility index (Phi) is 4.29. The number of nitrogens with zero attached hydrogens (tertiary/aromatic N) is 4. The van der Waals surface area contributed by atoms with Crippen LogP contribution in [0.2, 0.25) is 5.28 Å². The van der Waals surface area contributed by atoms with E-state index in [4.69, 9.17) is 11.6 Å². The van der Waals surface area contributed by atoms with Crippen molar-refractivity contribution in [2.75, 3.05) is 5.32 Å². The van der Waals surface area contributed by atoms with E-state index in [-0.39, 0.29) is 11.2 Å². The predicted octanol–water partition coefficient (Wildman–Crippen LogP) is 4.14. The van der Waals surface area contributed by atoms with Gasteiger partial charge in [0, 0.05) is 18.0 Å². The third kappa shape index (κ3) is 3.37. The first kappa shape index (κ1) is 17.1. The standard InChI is InChI=1S/C19H13ClFN5O/c1-11-8-23-19(20)25-17(11)15-9-22-16-7-6-14(10-26(15)16)24-18(27)12-2-4-13(21)5-3-12/h2-10H,1H3,(H,24,27). The van der Waals surface area contributed by atoms with Crippen LogP contribution in [-0.4, -0.2) is 25.3 Å². The molecule has 1 aromatic carbocycles. The Hall–Kier alpha value is -3.32. The van der Waals surface area contributed by atoms with Gasteiger partial charge in [0.2, 0.25) is 5.28 Å². The summed E-state index contributed by atoms with van der Waals surface area (Å²) in [5.41, 5.74) is 3.85. The van der Waals surface area contributed by atoms with Gasteiger partial charge < -0.3 is 5.32 Å². The van der Waals surface area contributed by atoms with Crippen molar-refractivity contribution in [1.82, 2.24) is 19.4 Å². The second kappa shape index (κ2) is 6.77. The van der Waals surface area contributed by atoms with Crippen molar-refractivity contribution in [2.24, 2.45) is 0 Å². The summed E-state index contributed by atoms with van der Waals surface area (Å²) in [7, 11) is 0. The number of benzene rings is 1. The molecule has 3 aromatic heterocycles. The molecule has 4 aromatic rings. The van der Waals surface area contributed by atoms with E-state index >= 15 is 0 Å². The minimum atomic E-state index is -0.394. The van der Waals surface area contributed by atoms with Crippen LogP contribution < -0.4 is 5.32 Å². The number of anilines is 1. The van der Waals surface area contributed by atoms with E-state index in [2.05, 4.69) is 20.3 Å². The summed E-state index contributed by atoms with van der Waals surface area (Å²) in [6, 6.07) is 8.87. The Bertz CT molecular complexity index is 1160. The fraction of sp³-hybridized carbons (Fsp3) is 0.0526. The zero-order chi connectivity index (χ0) is 19.0. The Morgan fingerprint density at radius 3 is 2.67 bits per heavy atom. The van der Waals surface area contributed by atoms with Crippen LogP contribution in [0.1, 0.15) is 15.9 Å². The first-order valence-corrected chi connectivity index (χ1v) is 8.42. The van der Waals surface area contributed by atoms with Gasteiger partial charge in [-0.3, -0.25) is 9.20 Å². The van der Waals surface area contributed by atoms with Gasteiger partial charge in [0.25, 0.3) is 5.91 Å². The minimum Gasteiger partial charge on any atom is -0.321 e. The van der Waals surface area contributed by atoms with Gasteiger partial charge in [-0.1, -0.05) is 0 Å². The van der Waals surface area contributed by atoms with Crippen LogP contribution in [0.15, 0.2) is 55.0 Å². The van der Waals surface area contributed by atoms with Crippen LogP contribution in [0, 0.1) is 12.7 Å². The molecule has 0 atom stereocenters. The molecule has 0 aliphatic rings.